The fourth-order valence-corrected chi connectivity index (χ4v) is 5.77. The summed E-state index contributed by atoms with van der Waals surface area (Å²) in [6.07, 6.45) is -3.47. The van der Waals surface area contributed by atoms with Crippen LogP contribution in [0.5, 0.6) is 0 Å². The van der Waals surface area contributed by atoms with Crippen LogP contribution in [-0.2, 0) is 27.4 Å². The summed E-state index contributed by atoms with van der Waals surface area (Å²) >= 11 is 0. The number of ketones is 1. The number of aromatic nitrogens is 3. The van der Waals surface area contributed by atoms with Gasteiger partial charge in [0.15, 0.2) is 11.5 Å². The molecule has 4 rings (SSSR count). The summed E-state index contributed by atoms with van der Waals surface area (Å²) in [6, 6.07) is 5.66. The Kier molecular flexibility index (Phi) is 7.57. The van der Waals surface area contributed by atoms with Crippen molar-refractivity contribution in [1.29, 1.82) is 0 Å². The second-order valence-electron chi connectivity index (χ2n) is 8.80. The lowest BCUT2D eigenvalue weighted by Gasteiger charge is -2.23. The zero-order chi connectivity index (χ0) is 27.7. The molecule has 1 saturated heterocycles. The number of benzene rings is 1. The average Bonchev–Trinajstić information content (AvgIpc) is 3.26. The van der Waals surface area contributed by atoms with Crippen molar-refractivity contribution in [1.82, 2.24) is 19.3 Å². The first-order valence-corrected chi connectivity index (χ1v) is 12.7. The quantitative estimate of drug-likeness (QED) is 0.382. The molecule has 14 heteroatoms. The maximum Gasteiger partial charge on any atom is 0.433 e. The van der Waals surface area contributed by atoms with Gasteiger partial charge in [0.05, 0.1) is 23.2 Å². The van der Waals surface area contributed by atoms with Crippen LogP contribution in [0.4, 0.5) is 26.3 Å². The highest BCUT2D eigenvalue weighted by Crippen LogP contribution is 2.36. The fourth-order valence-electron chi connectivity index (χ4n) is 4.09. The van der Waals surface area contributed by atoms with Gasteiger partial charge in [-0.2, -0.15) is 17.5 Å². The predicted octanol–water partition coefficient (Wildman–Crippen LogP) is 4.34. The van der Waals surface area contributed by atoms with Gasteiger partial charge in [-0.15, -0.1) is 0 Å². The molecule has 7 nitrogen and oxygen atoms in total. The van der Waals surface area contributed by atoms with Crippen LogP contribution < -0.4 is 0 Å². The number of nitrogens with zero attached hydrogens (tertiary/aromatic N) is 4. The molecule has 1 fully saturated rings. The average molecular weight is 559 g/mol. The van der Waals surface area contributed by atoms with Gasteiger partial charge in [0.25, 0.3) is 0 Å². The van der Waals surface area contributed by atoms with Crippen molar-refractivity contribution < 1.29 is 39.6 Å². The molecule has 2 atom stereocenters. The lowest BCUT2D eigenvalue weighted by molar-refractivity contribution is -0.141. The lowest BCUT2D eigenvalue weighted by Crippen LogP contribution is -2.41. The number of aryl methyl sites for hydroxylation is 1. The zero-order valence-electron chi connectivity index (χ0n) is 19.5. The molecule has 3 aromatic rings. The second kappa shape index (κ2) is 10.4. The number of carbonyl (C=O) groups is 1. The van der Waals surface area contributed by atoms with Crippen LogP contribution in [0.15, 0.2) is 59.9 Å². The van der Waals surface area contributed by atoms with Crippen molar-refractivity contribution in [3.63, 3.8) is 0 Å². The van der Waals surface area contributed by atoms with Gasteiger partial charge >= 0.3 is 6.18 Å². The van der Waals surface area contributed by atoms with E-state index in [0.29, 0.717) is 10.00 Å². The van der Waals surface area contributed by atoms with Crippen LogP contribution in [0.25, 0.3) is 11.3 Å². The standard InChI is InChI=1S/C24H20F6N4O3S/c25-12-23(27)10-20(34(13-23)38(36,37)18-5-2-16(26)3-6-18)21(35)7-4-17-9-19(33-14-32-17)15-1-8-22(31-11-15)24(28,29)30/h1-3,5-6,8-9,11,14,20H,4,7,10,12-13H2/t20-,23+/m0/s1. The maximum atomic E-state index is 14.9. The molecule has 0 bridgehead atoms. The minimum Gasteiger partial charge on any atom is -0.298 e. The van der Waals surface area contributed by atoms with Crippen LogP contribution in [0.1, 0.15) is 24.2 Å². The fraction of sp³-hybridized carbons (Fsp3) is 0.333. The summed E-state index contributed by atoms with van der Waals surface area (Å²) < 4.78 is 107. The van der Waals surface area contributed by atoms with E-state index in [1.165, 1.54) is 12.1 Å². The highest BCUT2D eigenvalue weighted by molar-refractivity contribution is 7.89. The Balaban J connectivity index is 1.51. The number of rotatable bonds is 8. The van der Waals surface area contributed by atoms with Gasteiger partial charge in [0.2, 0.25) is 10.0 Å². The molecule has 202 valence electrons. The van der Waals surface area contributed by atoms with E-state index in [4.69, 9.17) is 0 Å². The monoisotopic (exact) mass is 558 g/mol. The summed E-state index contributed by atoms with van der Waals surface area (Å²) in [5, 5.41) is 0. The van der Waals surface area contributed by atoms with Gasteiger partial charge < -0.3 is 0 Å². The molecule has 0 radical (unpaired) electrons. The SMILES string of the molecule is O=C(CCc1cc(-c2ccc(C(F)(F)F)nc2)ncn1)[C@@H]1C[C@@](F)(CF)CN1S(=O)(=O)c1ccc(F)cc1. The number of Topliss-reactive ketones (excluding diaryl/α,β-unsaturated/α-hetero) is 1. The molecule has 1 aliphatic heterocycles. The minimum atomic E-state index is -4.60. The van der Waals surface area contributed by atoms with Gasteiger partial charge in [0.1, 0.15) is 24.5 Å². The van der Waals surface area contributed by atoms with Gasteiger partial charge in [-0.25, -0.2) is 31.6 Å². The third-order valence-corrected chi connectivity index (χ3v) is 7.95. The molecule has 0 N–H and O–H groups in total. The molecule has 0 aliphatic carbocycles. The molecule has 0 amide bonds. The van der Waals surface area contributed by atoms with Gasteiger partial charge in [-0.3, -0.25) is 9.78 Å². The predicted molar refractivity (Wildman–Crippen MR) is 122 cm³/mol. The van der Waals surface area contributed by atoms with Crippen LogP contribution in [-0.4, -0.2) is 58.4 Å². The van der Waals surface area contributed by atoms with Gasteiger partial charge in [-0.1, -0.05) is 0 Å². The molecule has 1 aromatic carbocycles. The highest BCUT2D eigenvalue weighted by Gasteiger charge is 2.52. The summed E-state index contributed by atoms with van der Waals surface area (Å²) in [7, 11) is -4.44. The van der Waals surface area contributed by atoms with Gasteiger partial charge in [-0.05, 0) is 48.9 Å². The summed E-state index contributed by atoms with van der Waals surface area (Å²) in [4.78, 5) is 24.1. The Bertz CT molecular complexity index is 1420. The van der Waals surface area contributed by atoms with Gasteiger partial charge in [0, 0.05) is 30.3 Å². The number of pyridine rings is 1. The summed E-state index contributed by atoms with van der Waals surface area (Å²) in [5.74, 6) is -1.38. The molecular weight excluding hydrogens is 538 g/mol. The molecule has 2 aromatic heterocycles. The molecule has 0 spiro atoms. The van der Waals surface area contributed by atoms with E-state index in [1.54, 1.807) is 0 Å². The van der Waals surface area contributed by atoms with Crippen molar-refractivity contribution in [2.75, 3.05) is 13.2 Å². The number of carbonyl (C=O) groups excluding carboxylic acids is 1. The molecule has 0 unspecified atom stereocenters. The Hall–Kier alpha value is -3.39. The Morgan fingerprint density at radius 1 is 1.08 bits per heavy atom. The number of alkyl halides is 5. The Morgan fingerprint density at radius 2 is 1.79 bits per heavy atom. The highest BCUT2D eigenvalue weighted by atomic mass is 32.2. The third kappa shape index (κ3) is 5.85. The molecule has 3 heterocycles. The van der Waals surface area contributed by atoms with E-state index in [2.05, 4.69) is 15.0 Å². The zero-order valence-corrected chi connectivity index (χ0v) is 20.3. The van der Waals surface area contributed by atoms with E-state index in [-0.39, 0.29) is 29.0 Å². The first kappa shape index (κ1) is 27.6. The second-order valence-corrected chi connectivity index (χ2v) is 10.7. The lowest BCUT2D eigenvalue weighted by atomic mass is 9.99. The van der Waals surface area contributed by atoms with Crippen LogP contribution in [0.3, 0.4) is 0 Å². The van der Waals surface area contributed by atoms with Crippen molar-refractivity contribution in [2.45, 2.75) is 42.0 Å². The molecule has 0 saturated carbocycles. The Labute approximate surface area is 213 Å². The maximum absolute atomic E-state index is 14.9. The largest absolute Gasteiger partial charge is 0.433 e. The molecular formula is C24H20F6N4O3S. The first-order valence-electron chi connectivity index (χ1n) is 11.2. The number of hydrogen-bond donors (Lipinski definition) is 0. The van der Waals surface area contributed by atoms with Crippen LogP contribution >= 0.6 is 0 Å². The summed E-state index contributed by atoms with van der Waals surface area (Å²) in [6.45, 7) is -2.37. The van der Waals surface area contributed by atoms with Crippen molar-refractivity contribution >= 4 is 15.8 Å². The van der Waals surface area contributed by atoms with E-state index in [9.17, 15) is 39.6 Å². The van der Waals surface area contributed by atoms with Crippen molar-refractivity contribution in [3.05, 3.63) is 72.2 Å². The molecule has 38 heavy (non-hydrogen) atoms. The molecule has 1 aliphatic rings. The minimum absolute atomic E-state index is 0.0295. The number of halogens is 6. The van der Waals surface area contributed by atoms with E-state index < -0.39 is 64.8 Å². The third-order valence-electron chi connectivity index (χ3n) is 6.08. The normalized spacial score (nSPS) is 20.5. The topological polar surface area (TPSA) is 93.1 Å². The van der Waals surface area contributed by atoms with E-state index in [0.717, 1.165) is 42.9 Å². The van der Waals surface area contributed by atoms with E-state index in [1.807, 2.05) is 0 Å². The van der Waals surface area contributed by atoms with Crippen molar-refractivity contribution in [2.24, 2.45) is 0 Å². The number of hydrogen-bond acceptors (Lipinski definition) is 6. The first-order chi connectivity index (χ1) is 17.8. The van der Waals surface area contributed by atoms with Crippen LogP contribution in [0.2, 0.25) is 0 Å². The van der Waals surface area contributed by atoms with Crippen molar-refractivity contribution in [3.8, 4) is 11.3 Å². The van der Waals surface area contributed by atoms with Crippen LogP contribution in [0, 0.1) is 5.82 Å². The smallest absolute Gasteiger partial charge is 0.298 e. The van der Waals surface area contributed by atoms with E-state index >= 15 is 0 Å². The summed E-state index contributed by atoms with van der Waals surface area (Å²) in [5.41, 5.74) is -2.82. The number of sulfonamides is 1. The Morgan fingerprint density at radius 3 is 2.39 bits per heavy atom.